The Morgan fingerprint density at radius 2 is 1.77 bits per heavy atom. The van der Waals surface area contributed by atoms with Crippen LogP contribution < -0.4 is 10.5 Å². The van der Waals surface area contributed by atoms with Crippen molar-refractivity contribution < 1.29 is 13.6 Å². The monoisotopic (exact) mass is 348 g/mol. The standard InChI is InChI=1S/C20H16N2O4/c23-20-22(21-19(26-20)18-11-6-12-24-18)13-16-9-4-5-10-17(16)25-14-15-7-2-1-3-8-15/h1-12H,13-14H2. The second kappa shape index (κ2) is 7.14. The maximum Gasteiger partial charge on any atom is 0.437 e. The third-order valence-electron chi connectivity index (χ3n) is 3.87. The molecule has 0 atom stereocenters. The van der Waals surface area contributed by atoms with Crippen LogP contribution in [0.1, 0.15) is 11.1 Å². The van der Waals surface area contributed by atoms with Crippen molar-refractivity contribution in [3.05, 3.63) is 94.7 Å². The van der Waals surface area contributed by atoms with Crippen LogP contribution in [0.5, 0.6) is 5.75 Å². The van der Waals surface area contributed by atoms with Crippen molar-refractivity contribution in [1.82, 2.24) is 9.78 Å². The van der Waals surface area contributed by atoms with Crippen LogP contribution in [0.25, 0.3) is 11.7 Å². The number of hydrogen-bond acceptors (Lipinski definition) is 5. The Morgan fingerprint density at radius 3 is 2.58 bits per heavy atom. The molecule has 130 valence electrons. The van der Waals surface area contributed by atoms with E-state index >= 15 is 0 Å². The van der Waals surface area contributed by atoms with Gasteiger partial charge in [-0.1, -0.05) is 48.5 Å². The highest BCUT2D eigenvalue weighted by atomic mass is 16.5. The summed E-state index contributed by atoms with van der Waals surface area (Å²) >= 11 is 0. The zero-order valence-electron chi connectivity index (χ0n) is 13.9. The van der Waals surface area contributed by atoms with E-state index in [1.165, 1.54) is 10.9 Å². The zero-order valence-corrected chi connectivity index (χ0v) is 13.9. The van der Waals surface area contributed by atoms with E-state index in [2.05, 4.69) is 5.10 Å². The van der Waals surface area contributed by atoms with Gasteiger partial charge in [0.25, 0.3) is 5.89 Å². The molecule has 0 radical (unpaired) electrons. The van der Waals surface area contributed by atoms with E-state index in [9.17, 15) is 4.79 Å². The summed E-state index contributed by atoms with van der Waals surface area (Å²) < 4.78 is 17.6. The first-order chi connectivity index (χ1) is 12.8. The van der Waals surface area contributed by atoms with Gasteiger partial charge in [0.1, 0.15) is 12.4 Å². The van der Waals surface area contributed by atoms with E-state index in [4.69, 9.17) is 13.6 Å². The lowest BCUT2D eigenvalue weighted by Crippen LogP contribution is -2.17. The Morgan fingerprint density at radius 1 is 0.962 bits per heavy atom. The molecule has 0 saturated carbocycles. The number of hydrogen-bond donors (Lipinski definition) is 0. The maximum absolute atomic E-state index is 12.1. The Hall–Kier alpha value is -3.54. The van der Waals surface area contributed by atoms with Crippen molar-refractivity contribution in [3.8, 4) is 17.4 Å². The van der Waals surface area contributed by atoms with Crippen molar-refractivity contribution in [1.29, 1.82) is 0 Å². The molecule has 0 saturated heterocycles. The first-order valence-electron chi connectivity index (χ1n) is 8.16. The summed E-state index contributed by atoms with van der Waals surface area (Å²) in [6.07, 6.45) is 1.50. The summed E-state index contributed by atoms with van der Waals surface area (Å²) in [6, 6.07) is 20.8. The molecule has 4 rings (SSSR count). The summed E-state index contributed by atoms with van der Waals surface area (Å²) in [5.41, 5.74) is 1.91. The molecule has 0 aliphatic rings. The minimum Gasteiger partial charge on any atom is -0.489 e. The van der Waals surface area contributed by atoms with E-state index in [0.29, 0.717) is 18.1 Å². The molecule has 6 heteroatoms. The highest BCUT2D eigenvalue weighted by molar-refractivity contribution is 5.42. The fourth-order valence-electron chi connectivity index (χ4n) is 2.58. The second-order valence-electron chi connectivity index (χ2n) is 5.69. The highest BCUT2D eigenvalue weighted by Gasteiger charge is 2.14. The van der Waals surface area contributed by atoms with Gasteiger partial charge >= 0.3 is 5.76 Å². The van der Waals surface area contributed by atoms with Crippen LogP contribution in [0.2, 0.25) is 0 Å². The summed E-state index contributed by atoms with van der Waals surface area (Å²) in [7, 11) is 0. The molecule has 0 amide bonds. The molecule has 0 aliphatic carbocycles. The molecule has 0 bridgehead atoms. The molecule has 4 aromatic rings. The van der Waals surface area contributed by atoms with E-state index in [1.54, 1.807) is 12.1 Å². The normalized spacial score (nSPS) is 10.8. The molecule has 26 heavy (non-hydrogen) atoms. The van der Waals surface area contributed by atoms with Crippen LogP contribution in [0.3, 0.4) is 0 Å². The lowest BCUT2D eigenvalue weighted by molar-refractivity contribution is 0.301. The van der Waals surface area contributed by atoms with Crippen LogP contribution in [0, 0.1) is 0 Å². The highest BCUT2D eigenvalue weighted by Crippen LogP contribution is 2.21. The number of para-hydroxylation sites is 1. The molecule has 0 fully saturated rings. The van der Waals surface area contributed by atoms with Crippen molar-refractivity contribution in [2.75, 3.05) is 0 Å². The molecular formula is C20H16N2O4. The van der Waals surface area contributed by atoms with Crippen LogP contribution >= 0.6 is 0 Å². The summed E-state index contributed by atoms with van der Waals surface area (Å²) in [6.45, 7) is 0.692. The summed E-state index contributed by atoms with van der Waals surface area (Å²) in [4.78, 5) is 12.1. The minimum atomic E-state index is -0.547. The average molecular weight is 348 g/mol. The summed E-state index contributed by atoms with van der Waals surface area (Å²) in [5, 5.41) is 4.20. The Balaban J connectivity index is 1.55. The number of benzene rings is 2. The van der Waals surface area contributed by atoms with E-state index < -0.39 is 5.76 Å². The van der Waals surface area contributed by atoms with Crippen LogP contribution in [0.15, 0.2) is 86.6 Å². The van der Waals surface area contributed by atoms with Gasteiger partial charge in [0.05, 0.1) is 12.8 Å². The Bertz CT molecular complexity index is 1030. The van der Waals surface area contributed by atoms with Gasteiger partial charge in [-0.3, -0.25) is 0 Å². The molecule has 2 aromatic carbocycles. The fourth-order valence-corrected chi connectivity index (χ4v) is 2.58. The van der Waals surface area contributed by atoms with E-state index in [1.807, 2.05) is 54.6 Å². The van der Waals surface area contributed by atoms with Crippen molar-refractivity contribution >= 4 is 0 Å². The average Bonchev–Trinajstić information content (AvgIpc) is 3.32. The number of nitrogens with zero attached hydrogens (tertiary/aromatic N) is 2. The lowest BCUT2D eigenvalue weighted by atomic mass is 10.2. The van der Waals surface area contributed by atoms with Gasteiger partial charge in [-0.2, -0.15) is 4.68 Å². The predicted octanol–water partition coefficient (Wildman–Crippen LogP) is 3.72. The van der Waals surface area contributed by atoms with Crippen LogP contribution in [-0.4, -0.2) is 9.78 Å². The Labute approximate surface area is 149 Å². The first-order valence-corrected chi connectivity index (χ1v) is 8.16. The van der Waals surface area contributed by atoms with E-state index in [-0.39, 0.29) is 12.4 Å². The third kappa shape index (κ3) is 3.44. The molecule has 2 heterocycles. The molecule has 0 unspecified atom stereocenters. The molecule has 0 aliphatic heterocycles. The fraction of sp³-hybridized carbons (Fsp3) is 0.100. The van der Waals surface area contributed by atoms with Crippen molar-refractivity contribution in [2.24, 2.45) is 0 Å². The topological polar surface area (TPSA) is 70.4 Å². The first kappa shape index (κ1) is 16.0. The zero-order chi connectivity index (χ0) is 17.8. The summed E-state index contributed by atoms with van der Waals surface area (Å²) in [5.74, 6) is 0.720. The molecule has 0 spiro atoms. The van der Waals surface area contributed by atoms with Gasteiger partial charge in [0.2, 0.25) is 0 Å². The molecule has 6 nitrogen and oxygen atoms in total. The lowest BCUT2D eigenvalue weighted by Gasteiger charge is -2.11. The van der Waals surface area contributed by atoms with Crippen molar-refractivity contribution in [3.63, 3.8) is 0 Å². The molecular weight excluding hydrogens is 332 g/mol. The van der Waals surface area contributed by atoms with Gasteiger partial charge in [-0.05, 0) is 23.8 Å². The number of furan rings is 1. The second-order valence-corrected chi connectivity index (χ2v) is 5.69. The SMILES string of the molecule is O=c1oc(-c2ccco2)nn1Cc1ccccc1OCc1ccccc1. The largest absolute Gasteiger partial charge is 0.489 e. The van der Waals surface area contributed by atoms with Gasteiger partial charge in [-0.15, -0.1) is 5.10 Å². The molecule has 0 N–H and O–H groups in total. The van der Waals surface area contributed by atoms with Gasteiger partial charge in [0.15, 0.2) is 5.76 Å². The smallest absolute Gasteiger partial charge is 0.437 e. The van der Waals surface area contributed by atoms with Crippen LogP contribution in [-0.2, 0) is 13.2 Å². The minimum absolute atomic E-state index is 0.155. The number of rotatable bonds is 6. The molecule has 2 aromatic heterocycles. The van der Waals surface area contributed by atoms with Crippen molar-refractivity contribution in [2.45, 2.75) is 13.2 Å². The Kier molecular flexibility index (Phi) is 4.38. The predicted molar refractivity (Wildman–Crippen MR) is 94.8 cm³/mol. The maximum atomic E-state index is 12.1. The van der Waals surface area contributed by atoms with Gasteiger partial charge < -0.3 is 13.6 Å². The van der Waals surface area contributed by atoms with Gasteiger partial charge in [-0.25, -0.2) is 4.79 Å². The number of ether oxygens (including phenoxy) is 1. The van der Waals surface area contributed by atoms with Gasteiger partial charge in [0, 0.05) is 5.56 Å². The third-order valence-corrected chi connectivity index (χ3v) is 3.87. The quantitative estimate of drug-likeness (QED) is 0.531. The number of aromatic nitrogens is 2. The van der Waals surface area contributed by atoms with E-state index in [0.717, 1.165) is 11.1 Å². The van der Waals surface area contributed by atoms with Crippen LogP contribution in [0.4, 0.5) is 0 Å².